The van der Waals surface area contributed by atoms with E-state index in [1.807, 2.05) is 25.1 Å². The molecule has 0 bridgehead atoms. The van der Waals surface area contributed by atoms with Crippen LogP contribution in [0.5, 0.6) is 17.2 Å². The van der Waals surface area contributed by atoms with Gasteiger partial charge in [-0.1, -0.05) is 29.8 Å². The van der Waals surface area contributed by atoms with Gasteiger partial charge in [0.1, 0.15) is 23.3 Å². The van der Waals surface area contributed by atoms with Crippen LogP contribution in [0.1, 0.15) is 19.4 Å². The maximum Gasteiger partial charge on any atom is 0.261 e. The molecule has 162 valence electrons. The number of benzene rings is 2. The summed E-state index contributed by atoms with van der Waals surface area (Å²) in [6.07, 6.45) is 0. The summed E-state index contributed by atoms with van der Waals surface area (Å²) in [7, 11) is 3.06. The van der Waals surface area contributed by atoms with Crippen LogP contribution >= 0.6 is 11.6 Å². The van der Waals surface area contributed by atoms with Gasteiger partial charge in [-0.25, -0.2) is 0 Å². The lowest BCUT2D eigenvalue weighted by Gasteiger charge is -2.29. The summed E-state index contributed by atoms with van der Waals surface area (Å²) < 4.78 is 16.1. The van der Waals surface area contributed by atoms with Crippen LogP contribution in [-0.2, 0) is 16.1 Å². The van der Waals surface area contributed by atoms with E-state index in [2.05, 4.69) is 5.32 Å². The quantitative estimate of drug-likeness (QED) is 0.621. The zero-order valence-corrected chi connectivity index (χ0v) is 18.4. The molecule has 0 aliphatic heterocycles. The molecule has 2 rings (SSSR count). The molecule has 7 nitrogen and oxygen atoms in total. The Morgan fingerprint density at radius 3 is 2.23 bits per heavy atom. The van der Waals surface area contributed by atoms with Crippen molar-refractivity contribution in [1.82, 2.24) is 10.2 Å². The topological polar surface area (TPSA) is 77.1 Å². The van der Waals surface area contributed by atoms with Crippen molar-refractivity contribution in [2.24, 2.45) is 0 Å². The molecule has 0 aromatic heterocycles. The first-order valence-corrected chi connectivity index (χ1v) is 9.93. The average molecular weight is 435 g/mol. The third kappa shape index (κ3) is 6.29. The van der Waals surface area contributed by atoms with Crippen molar-refractivity contribution >= 4 is 23.4 Å². The van der Waals surface area contributed by atoms with Gasteiger partial charge < -0.3 is 24.4 Å². The molecular formula is C22H27ClN2O5. The van der Waals surface area contributed by atoms with Gasteiger partial charge in [0.25, 0.3) is 5.91 Å². The Morgan fingerprint density at radius 2 is 1.67 bits per heavy atom. The average Bonchev–Trinajstić information content (AvgIpc) is 2.76. The molecule has 1 unspecified atom stereocenters. The number of ether oxygens (including phenoxy) is 3. The summed E-state index contributed by atoms with van der Waals surface area (Å²) in [6, 6.07) is 11.5. The number of hydrogen-bond donors (Lipinski definition) is 1. The number of halogens is 1. The van der Waals surface area contributed by atoms with Crippen LogP contribution in [0.2, 0.25) is 5.02 Å². The van der Waals surface area contributed by atoms with E-state index in [-0.39, 0.29) is 25.0 Å². The van der Waals surface area contributed by atoms with Crippen molar-refractivity contribution in [3.05, 3.63) is 53.1 Å². The molecule has 2 aromatic carbocycles. The molecule has 0 saturated heterocycles. The number of methoxy groups -OCH3 is 2. The van der Waals surface area contributed by atoms with Crippen LogP contribution in [0.25, 0.3) is 0 Å². The lowest BCUT2D eigenvalue weighted by molar-refractivity contribution is -0.142. The Hall–Kier alpha value is -2.93. The molecule has 2 aromatic rings. The Morgan fingerprint density at radius 1 is 1.07 bits per heavy atom. The maximum absolute atomic E-state index is 13.0. The van der Waals surface area contributed by atoms with E-state index in [0.717, 1.165) is 5.56 Å². The molecule has 0 radical (unpaired) electrons. The molecule has 0 aliphatic carbocycles. The van der Waals surface area contributed by atoms with Crippen LogP contribution in [0.4, 0.5) is 0 Å². The molecular weight excluding hydrogens is 408 g/mol. The van der Waals surface area contributed by atoms with Crippen molar-refractivity contribution in [2.75, 3.05) is 27.4 Å². The number of amides is 2. The van der Waals surface area contributed by atoms with Gasteiger partial charge in [0, 0.05) is 36.3 Å². The molecule has 0 heterocycles. The predicted molar refractivity (Wildman–Crippen MR) is 115 cm³/mol. The zero-order chi connectivity index (χ0) is 22.1. The summed E-state index contributed by atoms with van der Waals surface area (Å²) in [5.74, 6) is 0.903. The van der Waals surface area contributed by atoms with E-state index in [9.17, 15) is 9.59 Å². The summed E-state index contributed by atoms with van der Waals surface area (Å²) in [6.45, 7) is 3.89. The van der Waals surface area contributed by atoms with Crippen molar-refractivity contribution in [3.63, 3.8) is 0 Å². The summed E-state index contributed by atoms with van der Waals surface area (Å²) in [4.78, 5) is 26.8. The number of hydrogen-bond acceptors (Lipinski definition) is 5. The van der Waals surface area contributed by atoms with Crippen molar-refractivity contribution in [1.29, 1.82) is 0 Å². The Kier molecular flexibility index (Phi) is 8.80. The molecule has 1 N–H and O–H groups in total. The highest BCUT2D eigenvalue weighted by atomic mass is 35.5. The van der Waals surface area contributed by atoms with Crippen molar-refractivity contribution in [2.45, 2.75) is 26.4 Å². The second-order valence-electron chi connectivity index (χ2n) is 6.52. The van der Waals surface area contributed by atoms with Gasteiger partial charge in [0.15, 0.2) is 6.61 Å². The fourth-order valence-corrected chi connectivity index (χ4v) is 3.00. The first-order chi connectivity index (χ1) is 14.4. The van der Waals surface area contributed by atoms with Gasteiger partial charge in [0.05, 0.1) is 14.2 Å². The van der Waals surface area contributed by atoms with E-state index >= 15 is 0 Å². The number of likely N-dealkylation sites (N-methyl/N-ethyl adjacent to an activating group) is 1. The number of carbonyl (C=O) groups excluding carboxylic acids is 2. The van der Waals surface area contributed by atoms with Crippen LogP contribution in [0.3, 0.4) is 0 Å². The van der Waals surface area contributed by atoms with Crippen molar-refractivity contribution < 1.29 is 23.8 Å². The molecule has 1 atom stereocenters. The Labute approximate surface area is 181 Å². The zero-order valence-electron chi connectivity index (χ0n) is 17.6. The van der Waals surface area contributed by atoms with E-state index in [4.69, 9.17) is 25.8 Å². The fourth-order valence-electron chi connectivity index (χ4n) is 2.81. The summed E-state index contributed by atoms with van der Waals surface area (Å²) in [5, 5.41) is 3.27. The lowest BCUT2D eigenvalue weighted by Crippen LogP contribution is -2.49. The SMILES string of the molecule is CCNC(=O)C(C)N(Cc1ccccc1Cl)C(=O)COc1cc(OC)cc(OC)c1. The maximum atomic E-state index is 13.0. The van der Waals surface area contributed by atoms with Crippen LogP contribution in [0.15, 0.2) is 42.5 Å². The van der Waals surface area contributed by atoms with E-state index in [0.29, 0.717) is 28.8 Å². The second-order valence-corrected chi connectivity index (χ2v) is 6.93. The highest BCUT2D eigenvalue weighted by Crippen LogP contribution is 2.27. The molecule has 0 spiro atoms. The number of rotatable bonds is 10. The normalized spacial score (nSPS) is 11.4. The number of carbonyl (C=O) groups is 2. The van der Waals surface area contributed by atoms with Gasteiger partial charge in [-0.15, -0.1) is 0 Å². The van der Waals surface area contributed by atoms with E-state index in [1.54, 1.807) is 31.2 Å². The summed E-state index contributed by atoms with van der Waals surface area (Å²) >= 11 is 6.26. The molecule has 30 heavy (non-hydrogen) atoms. The second kappa shape index (κ2) is 11.3. The smallest absolute Gasteiger partial charge is 0.261 e. The lowest BCUT2D eigenvalue weighted by atomic mass is 10.1. The van der Waals surface area contributed by atoms with E-state index < -0.39 is 6.04 Å². The highest BCUT2D eigenvalue weighted by Gasteiger charge is 2.26. The van der Waals surface area contributed by atoms with Crippen molar-refractivity contribution in [3.8, 4) is 17.2 Å². The van der Waals surface area contributed by atoms with Crippen LogP contribution < -0.4 is 19.5 Å². The minimum absolute atomic E-state index is 0.182. The third-order valence-corrected chi connectivity index (χ3v) is 4.87. The van der Waals surface area contributed by atoms with Crippen LogP contribution in [-0.4, -0.2) is 50.1 Å². The van der Waals surface area contributed by atoms with Gasteiger partial charge in [-0.2, -0.15) is 0 Å². The minimum atomic E-state index is -0.697. The summed E-state index contributed by atoms with van der Waals surface area (Å²) in [5.41, 5.74) is 0.742. The number of nitrogens with one attached hydrogen (secondary N) is 1. The molecule has 0 aliphatic rings. The van der Waals surface area contributed by atoms with Crippen LogP contribution in [0, 0.1) is 0 Å². The molecule has 0 saturated carbocycles. The van der Waals surface area contributed by atoms with Gasteiger partial charge in [-0.3, -0.25) is 9.59 Å². The first kappa shape index (κ1) is 23.3. The molecule has 8 heteroatoms. The largest absolute Gasteiger partial charge is 0.496 e. The van der Waals surface area contributed by atoms with Gasteiger partial charge >= 0.3 is 0 Å². The van der Waals surface area contributed by atoms with Gasteiger partial charge in [-0.05, 0) is 25.5 Å². The Bertz CT molecular complexity index is 852. The standard InChI is InChI=1S/C22H27ClN2O5/c1-5-24-22(27)15(2)25(13-16-8-6-7-9-20(16)23)21(26)14-30-19-11-17(28-3)10-18(12-19)29-4/h6-12,15H,5,13-14H2,1-4H3,(H,24,27). The Balaban J connectivity index is 2.19. The fraction of sp³-hybridized carbons (Fsp3) is 0.364. The monoisotopic (exact) mass is 434 g/mol. The minimum Gasteiger partial charge on any atom is -0.496 e. The molecule has 0 fully saturated rings. The molecule has 2 amide bonds. The predicted octanol–water partition coefficient (Wildman–Crippen LogP) is 3.29. The van der Waals surface area contributed by atoms with Gasteiger partial charge in [0.2, 0.25) is 5.91 Å². The third-order valence-electron chi connectivity index (χ3n) is 4.50. The van der Waals surface area contributed by atoms with E-state index in [1.165, 1.54) is 19.1 Å². The first-order valence-electron chi connectivity index (χ1n) is 9.56. The number of nitrogens with zero attached hydrogens (tertiary/aromatic N) is 1. The highest BCUT2D eigenvalue weighted by molar-refractivity contribution is 6.31.